The molecular formula is C29H28N4O2S. The number of nitrogens with one attached hydrogen (secondary N) is 1. The molecule has 36 heavy (non-hydrogen) atoms. The highest BCUT2D eigenvalue weighted by Gasteiger charge is 2.31. The first-order valence-corrected chi connectivity index (χ1v) is 12.9. The third-order valence-corrected chi connectivity index (χ3v) is 7.77. The fraction of sp³-hybridized carbons (Fsp3) is 0.241. The second-order valence-corrected chi connectivity index (χ2v) is 10.2. The van der Waals surface area contributed by atoms with E-state index in [0.717, 1.165) is 32.5 Å². The Morgan fingerprint density at radius 3 is 2.69 bits per heavy atom. The third kappa shape index (κ3) is 4.20. The number of nitrogens with zero attached hydrogens (tertiary/aromatic N) is 3. The van der Waals surface area contributed by atoms with Crippen LogP contribution in [-0.2, 0) is 11.3 Å². The molecule has 0 fully saturated rings. The highest BCUT2D eigenvalue weighted by atomic mass is 32.1. The lowest BCUT2D eigenvalue weighted by Crippen LogP contribution is -2.28. The number of carbonyl (C=O) groups is 1. The molecule has 182 valence electrons. The van der Waals surface area contributed by atoms with Crippen LogP contribution in [-0.4, -0.2) is 20.5 Å². The minimum atomic E-state index is -0.231. The zero-order valence-corrected chi connectivity index (χ0v) is 21.5. The van der Waals surface area contributed by atoms with E-state index in [1.807, 2.05) is 62.5 Å². The number of benzene rings is 1. The maximum Gasteiger partial charge on any atom is 0.291 e. The number of hydrogen-bond donors (Lipinski definition) is 1. The van der Waals surface area contributed by atoms with E-state index >= 15 is 0 Å². The normalized spacial score (nSPS) is 16.0. The first kappa shape index (κ1) is 23.9. The van der Waals surface area contributed by atoms with Crippen molar-refractivity contribution in [2.45, 2.75) is 40.2 Å². The largest absolute Gasteiger partial charge is 0.349 e. The van der Waals surface area contributed by atoms with Crippen molar-refractivity contribution >= 4 is 44.8 Å². The molecule has 0 saturated carbocycles. The Kier molecular flexibility index (Phi) is 6.41. The van der Waals surface area contributed by atoms with Gasteiger partial charge in [-0.1, -0.05) is 42.5 Å². The monoisotopic (exact) mass is 496 g/mol. The van der Waals surface area contributed by atoms with Crippen molar-refractivity contribution in [1.82, 2.24) is 14.8 Å². The van der Waals surface area contributed by atoms with Gasteiger partial charge in [-0.2, -0.15) is 5.10 Å². The predicted molar refractivity (Wildman–Crippen MR) is 148 cm³/mol. The van der Waals surface area contributed by atoms with Gasteiger partial charge >= 0.3 is 0 Å². The highest BCUT2D eigenvalue weighted by molar-refractivity contribution is 7.13. The maximum absolute atomic E-state index is 13.8. The zero-order chi connectivity index (χ0) is 25.4. The van der Waals surface area contributed by atoms with E-state index < -0.39 is 0 Å². The first-order chi connectivity index (χ1) is 17.4. The molecule has 5 rings (SSSR count). The van der Waals surface area contributed by atoms with Gasteiger partial charge in [-0.05, 0) is 55.7 Å². The summed E-state index contributed by atoms with van der Waals surface area (Å²) in [6.07, 6.45) is 4.61. The van der Waals surface area contributed by atoms with Crippen molar-refractivity contribution in [2.75, 3.05) is 5.32 Å². The fourth-order valence-corrected chi connectivity index (χ4v) is 5.50. The van der Waals surface area contributed by atoms with Crippen LogP contribution in [0.3, 0.4) is 0 Å². The van der Waals surface area contributed by atoms with Gasteiger partial charge < -0.3 is 5.32 Å². The first-order valence-electron chi connectivity index (χ1n) is 12.1. The van der Waals surface area contributed by atoms with Gasteiger partial charge in [0, 0.05) is 35.5 Å². The van der Waals surface area contributed by atoms with Gasteiger partial charge in [0.15, 0.2) is 5.78 Å². The van der Waals surface area contributed by atoms with E-state index in [1.54, 1.807) is 23.7 Å². The predicted octanol–water partition coefficient (Wildman–Crippen LogP) is 6.61. The van der Waals surface area contributed by atoms with Crippen molar-refractivity contribution in [3.63, 3.8) is 0 Å². The number of allylic oxidation sites excluding steroid dienone is 3. The number of thiophene rings is 1. The van der Waals surface area contributed by atoms with Gasteiger partial charge in [0.2, 0.25) is 0 Å². The van der Waals surface area contributed by atoms with E-state index in [9.17, 15) is 9.59 Å². The second-order valence-electron chi connectivity index (χ2n) is 9.21. The molecule has 4 aromatic rings. The standard InChI is InChI=1S/C29H28N4O2S/c1-5-33-29(35)28(31-23-16-30-15-19-9-6-7-10-21(19)23)26(27(32-33)25-11-8-12-36-25)22-13-20(17(2)3)14-24(34)18(22)4/h6-12,15-16,20,31H,2,5,13-14H2,1,3-4H3. The molecule has 0 amide bonds. The molecule has 0 aliphatic heterocycles. The summed E-state index contributed by atoms with van der Waals surface area (Å²) in [7, 11) is 0. The van der Waals surface area contributed by atoms with Crippen molar-refractivity contribution in [3.8, 4) is 10.6 Å². The molecule has 0 bridgehead atoms. The number of hydrogen-bond acceptors (Lipinski definition) is 6. The summed E-state index contributed by atoms with van der Waals surface area (Å²) in [4.78, 5) is 32.3. The molecule has 7 heteroatoms. The summed E-state index contributed by atoms with van der Waals surface area (Å²) in [5.41, 5.74) is 4.81. The molecule has 1 aliphatic carbocycles. The molecular weight excluding hydrogens is 468 g/mol. The van der Waals surface area contributed by atoms with Crippen LogP contribution in [0.1, 0.15) is 39.2 Å². The number of Topliss-reactive ketones (excluding diaryl/α,β-unsaturated/α-hetero) is 1. The molecule has 1 N–H and O–H groups in total. The van der Waals surface area contributed by atoms with Crippen LogP contribution in [0.25, 0.3) is 26.9 Å². The van der Waals surface area contributed by atoms with Crippen molar-refractivity contribution in [2.24, 2.45) is 5.92 Å². The van der Waals surface area contributed by atoms with E-state index in [4.69, 9.17) is 5.10 Å². The van der Waals surface area contributed by atoms with Gasteiger partial charge in [0.1, 0.15) is 11.4 Å². The third-order valence-electron chi connectivity index (χ3n) is 6.89. The van der Waals surface area contributed by atoms with Crippen LogP contribution >= 0.6 is 11.3 Å². The Balaban J connectivity index is 1.82. The number of pyridine rings is 1. The van der Waals surface area contributed by atoms with Crippen LogP contribution in [0.5, 0.6) is 0 Å². The average molecular weight is 497 g/mol. The fourth-order valence-electron chi connectivity index (χ4n) is 4.79. The Morgan fingerprint density at radius 2 is 1.97 bits per heavy atom. The Labute approximate surface area is 214 Å². The number of carbonyl (C=O) groups excluding carboxylic acids is 1. The second kappa shape index (κ2) is 9.66. The Hall–Kier alpha value is -3.84. The minimum Gasteiger partial charge on any atom is -0.349 e. The molecule has 1 atom stereocenters. The molecule has 0 spiro atoms. The van der Waals surface area contributed by atoms with Crippen molar-refractivity contribution < 1.29 is 4.79 Å². The van der Waals surface area contributed by atoms with E-state index in [0.29, 0.717) is 41.9 Å². The lowest BCUT2D eigenvalue weighted by atomic mass is 9.77. The molecule has 0 radical (unpaired) electrons. The number of aromatic nitrogens is 3. The lowest BCUT2D eigenvalue weighted by molar-refractivity contribution is -0.116. The van der Waals surface area contributed by atoms with Gasteiger partial charge in [-0.15, -0.1) is 11.3 Å². The van der Waals surface area contributed by atoms with Crippen LogP contribution in [0.2, 0.25) is 0 Å². The van der Waals surface area contributed by atoms with E-state index in [-0.39, 0.29) is 17.3 Å². The van der Waals surface area contributed by atoms with Crippen LogP contribution in [0.4, 0.5) is 11.4 Å². The quantitative estimate of drug-likeness (QED) is 0.304. The molecule has 1 aromatic carbocycles. The summed E-state index contributed by atoms with van der Waals surface area (Å²) < 4.78 is 1.48. The topological polar surface area (TPSA) is 76.9 Å². The summed E-state index contributed by atoms with van der Waals surface area (Å²) in [5.74, 6) is 0.104. The lowest BCUT2D eigenvalue weighted by Gasteiger charge is -2.28. The molecule has 0 saturated heterocycles. The van der Waals surface area contributed by atoms with Gasteiger partial charge in [0.05, 0.1) is 16.8 Å². The number of anilines is 2. The number of fused-ring (bicyclic) bond motifs is 1. The summed E-state index contributed by atoms with van der Waals surface area (Å²) in [5, 5.41) is 12.2. The number of rotatable bonds is 6. The molecule has 3 heterocycles. The van der Waals surface area contributed by atoms with Crippen LogP contribution < -0.4 is 10.9 Å². The Bertz CT molecular complexity index is 1580. The smallest absolute Gasteiger partial charge is 0.291 e. The average Bonchev–Trinajstić information content (AvgIpc) is 3.42. The van der Waals surface area contributed by atoms with E-state index in [1.165, 1.54) is 4.68 Å². The maximum atomic E-state index is 13.8. The minimum absolute atomic E-state index is 0.0214. The zero-order valence-electron chi connectivity index (χ0n) is 20.7. The van der Waals surface area contributed by atoms with Gasteiger partial charge in [0.25, 0.3) is 5.56 Å². The SMILES string of the molecule is C=C(C)C1CC(=O)C(C)=C(c2c(-c3cccs3)nn(CC)c(=O)c2Nc2cncc3ccccc23)C1. The van der Waals surface area contributed by atoms with E-state index in [2.05, 4.69) is 16.9 Å². The highest BCUT2D eigenvalue weighted by Crippen LogP contribution is 2.43. The number of ketones is 1. The van der Waals surface area contributed by atoms with Crippen molar-refractivity contribution in [3.05, 3.63) is 87.8 Å². The molecule has 1 aliphatic rings. The molecule has 1 unspecified atom stereocenters. The molecule has 3 aromatic heterocycles. The summed E-state index contributed by atoms with van der Waals surface area (Å²) in [6.45, 7) is 10.3. The van der Waals surface area contributed by atoms with Gasteiger partial charge in [-0.3, -0.25) is 14.6 Å². The van der Waals surface area contributed by atoms with Crippen molar-refractivity contribution in [1.29, 1.82) is 0 Å². The van der Waals surface area contributed by atoms with Gasteiger partial charge in [-0.25, -0.2) is 4.68 Å². The molecule has 6 nitrogen and oxygen atoms in total. The Morgan fingerprint density at radius 1 is 1.17 bits per heavy atom. The summed E-state index contributed by atoms with van der Waals surface area (Å²) in [6, 6.07) is 11.9. The number of aryl methyl sites for hydroxylation is 1. The van der Waals surface area contributed by atoms with Crippen LogP contribution in [0.15, 0.2) is 76.7 Å². The summed E-state index contributed by atoms with van der Waals surface area (Å²) >= 11 is 1.56. The van der Waals surface area contributed by atoms with Crippen LogP contribution in [0, 0.1) is 5.92 Å².